The maximum absolute atomic E-state index is 14.8. The van der Waals surface area contributed by atoms with Crippen LogP contribution in [-0.2, 0) is 6.54 Å². The Morgan fingerprint density at radius 3 is 2.40 bits per heavy atom. The molecule has 30 heavy (non-hydrogen) atoms. The average Bonchev–Trinajstić information content (AvgIpc) is 2.81. The van der Waals surface area contributed by atoms with Crippen LogP contribution in [0.5, 0.6) is 0 Å². The fraction of sp³-hybridized carbons (Fsp3) is 0.0769. The van der Waals surface area contributed by atoms with E-state index in [0.717, 1.165) is 33.5 Å². The number of rotatable bonds is 9. The van der Waals surface area contributed by atoms with E-state index in [0.29, 0.717) is 11.9 Å². The largest absolute Gasteiger partial charge is 0.268 e. The molecule has 0 saturated heterocycles. The first-order valence-electron chi connectivity index (χ1n) is 9.75. The molecule has 0 heterocycles. The predicted octanol–water partition coefficient (Wildman–Crippen LogP) is 6.35. The highest BCUT2D eigenvalue weighted by Gasteiger charge is 2.12. The van der Waals surface area contributed by atoms with Crippen LogP contribution in [0.4, 0.5) is 10.2 Å². The molecule has 0 aromatic heterocycles. The highest BCUT2D eigenvalue weighted by Crippen LogP contribution is 2.24. The van der Waals surface area contributed by atoms with E-state index in [1.807, 2.05) is 84.9 Å². The highest BCUT2D eigenvalue weighted by atomic mass is 19.2. The van der Waals surface area contributed by atoms with Crippen molar-refractivity contribution >= 4 is 11.3 Å². The Hall–Kier alpha value is -3.47. The average molecular weight is 400 g/mol. The van der Waals surface area contributed by atoms with Gasteiger partial charge in [-0.1, -0.05) is 96.5 Å². The molecule has 0 aliphatic heterocycles. The Kier molecular flexibility index (Phi) is 7.33. The molecule has 0 fully saturated rings. The van der Waals surface area contributed by atoms with E-state index in [9.17, 15) is 4.48 Å². The molecular weight excluding hydrogens is 373 g/mol. The van der Waals surface area contributed by atoms with Gasteiger partial charge >= 0.3 is 0 Å². The number of nitrogens with one attached hydrogen (secondary N) is 1. The van der Waals surface area contributed by atoms with Gasteiger partial charge in [-0.15, -0.1) is 0 Å². The number of hydrazine groups is 2. The molecule has 0 aliphatic carbocycles. The Balaban J connectivity index is 1.68. The monoisotopic (exact) mass is 399 g/mol. The second-order valence-corrected chi connectivity index (χ2v) is 6.80. The summed E-state index contributed by atoms with van der Waals surface area (Å²) >= 11 is 0. The third-order valence-electron chi connectivity index (χ3n) is 4.78. The quantitative estimate of drug-likeness (QED) is 0.257. The summed E-state index contributed by atoms with van der Waals surface area (Å²) in [5, 5.41) is 1.94. The van der Waals surface area contributed by atoms with Crippen LogP contribution in [0.15, 0.2) is 110 Å². The maximum Gasteiger partial charge on any atom is 0.0564 e. The summed E-state index contributed by atoms with van der Waals surface area (Å²) in [6, 6.07) is 25.7. The smallest absolute Gasteiger partial charge is 0.0564 e. The van der Waals surface area contributed by atoms with Crippen LogP contribution >= 0.6 is 0 Å². The van der Waals surface area contributed by atoms with Crippen molar-refractivity contribution in [3.8, 4) is 11.1 Å². The lowest BCUT2D eigenvalue weighted by atomic mass is 10.0. The zero-order valence-electron chi connectivity index (χ0n) is 17.1. The Labute approximate surface area is 178 Å². The van der Waals surface area contributed by atoms with E-state index < -0.39 is 0 Å². The van der Waals surface area contributed by atoms with Gasteiger partial charge in [0.2, 0.25) is 0 Å². The lowest BCUT2D eigenvalue weighted by molar-refractivity contribution is -0.0427. The normalized spacial score (nSPS) is 11.4. The van der Waals surface area contributed by atoms with Gasteiger partial charge in [0.1, 0.15) is 0 Å². The molecule has 0 amide bonds. The molecule has 1 N–H and O–H groups in total. The topological polar surface area (TPSA) is 18.5 Å². The van der Waals surface area contributed by atoms with Crippen molar-refractivity contribution in [2.75, 3.05) is 12.1 Å². The Morgan fingerprint density at radius 2 is 1.67 bits per heavy atom. The summed E-state index contributed by atoms with van der Waals surface area (Å²) in [6.45, 7) is 7.91. The standard InChI is InChI=1S/C26H26FN3/c1-4-11-22(5-2)24-15-9-12-21(18-24)20-28-30(27)29(3)26-17-10-16-25(19-26)23-13-7-6-8-14-23/h4-19,28H,1-2,20H2,3H3/b22-11+. The molecule has 3 aromatic carbocycles. The van der Waals surface area contributed by atoms with Gasteiger partial charge in [0.05, 0.1) is 5.69 Å². The van der Waals surface area contributed by atoms with E-state index >= 15 is 0 Å². The van der Waals surface area contributed by atoms with Crippen molar-refractivity contribution in [3.63, 3.8) is 0 Å². The molecule has 3 nitrogen and oxygen atoms in total. The predicted molar refractivity (Wildman–Crippen MR) is 125 cm³/mol. The lowest BCUT2D eigenvalue weighted by Gasteiger charge is -2.26. The third-order valence-corrected chi connectivity index (χ3v) is 4.78. The maximum atomic E-state index is 14.8. The van der Waals surface area contributed by atoms with Crippen molar-refractivity contribution in [1.82, 2.24) is 10.8 Å². The second-order valence-electron chi connectivity index (χ2n) is 6.80. The van der Waals surface area contributed by atoms with Crippen LogP contribution in [-0.4, -0.2) is 12.4 Å². The molecule has 0 saturated carbocycles. The molecule has 0 atom stereocenters. The van der Waals surface area contributed by atoms with Crippen LogP contribution in [0.1, 0.15) is 11.1 Å². The minimum atomic E-state index is 0.339. The van der Waals surface area contributed by atoms with E-state index in [4.69, 9.17) is 0 Å². The third kappa shape index (κ3) is 5.32. The minimum Gasteiger partial charge on any atom is -0.268 e. The molecule has 3 rings (SSSR count). The first kappa shape index (κ1) is 21.2. The van der Waals surface area contributed by atoms with Gasteiger partial charge in [-0.2, -0.15) is 0 Å². The fourth-order valence-electron chi connectivity index (χ4n) is 3.15. The van der Waals surface area contributed by atoms with Gasteiger partial charge < -0.3 is 0 Å². The number of allylic oxidation sites excluding steroid dienone is 4. The highest BCUT2D eigenvalue weighted by molar-refractivity contribution is 5.75. The number of nitrogens with zero attached hydrogens (tertiary/aromatic N) is 2. The second kappa shape index (κ2) is 10.3. The van der Waals surface area contributed by atoms with Crippen molar-refractivity contribution < 1.29 is 4.48 Å². The molecule has 3 aromatic rings. The first-order chi connectivity index (χ1) is 14.6. The van der Waals surface area contributed by atoms with E-state index in [2.05, 4.69) is 18.6 Å². The fourth-order valence-corrected chi connectivity index (χ4v) is 3.15. The lowest BCUT2D eigenvalue weighted by Crippen LogP contribution is -2.43. The van der Waals surface area contributed by atoms with Crippen molar-refractivity contribution in [2.24, 2.45) is 0 Å². The number of hydrogen-bond donors (Lipinski definition) is 1. The van der Waals surface area contributed by atoms with Gasteiger partial charge in [0.15, 0.2) is 0 Å². The van der Waals surface area contributed by atoms with Crippen LogP contribution in [0.2, 0.25) is 0 Å². The summed E-state index contributed by atoms with van der Waals surface area (Å²) < 4.78 is 14.8. The summed E-state index contributed by atoms with van der Waals surface area (Å²) in [5.41, 5.74) is 8.60. The van der Waals surface area contributed by atoms with Crippen molar-refractivity contribution in [2.45, 2.75) is 6.54 Å². The van der Waals surface area contributed by atoms with Crippen LogP contribution in [0.3, 0.4) is 0 Å². The van der Waals surface area contributed by atoms with Crippen molar-refractivity contribution in [3.05, 3.63) is 121 Å². The Bertz CT molecular complexity index is 1030. The zero-order chi connectivity index (χ0) is 21.3. The molecule has 0 radical (unpaired) electrons. The summed E-state index contributed by atoms with van der Waals surface area (Å²) in [6.07, 6.45) is 5.40. The van der Waals surface area contributed by atoms with Gasteiger partial charge in [-0.05, 0) is 46.0 Å². The van der Waals surface area contributed by atoms with Crippen molar-refractivity contribution in [1.29, 1.82) is 0 Å². The SMILES string of the molecule is C=C/C=C(\C=C)c1cccc(CNN(F)N(C)c2cccc(-c3ccccc3)c2)c1. The van der Waals surface area contributed by atoms with Crippen LogP contribution in [0.25, 0.3) is 16.7 Å². The van der Waals surface area contributed by atoms with Gasteiger partial charge in [-0.25, -0.2) is 5.43 Å². The molecule has 152 valence electrons. The van der Waals surface area contributed by atoms with Gasteiger partial charge in [-0.3, -0.25) is 5.01 Å². The summed E-state index contributed by atoms with van der Waals surface area (Å²) in [7, 11) is 1.68. The molecular formula is C26H26FN3. The van der Waals surface area contributed by atoms with Crippen LogP contribution in [0, 0.1) is 0 Å². The molecule has 4 heteroatoms. The molecule has 0 bridgehead atoms. The first-order valence-corrected chi connectivity index (χ1v) is 9.75. The van der Waals surface area contributed by atoms with E-state index in [-0.39, 0.29) is 0 Å². The Morgan fingerprint density at radius 1 is 0.933 bits per heavy atom. The number of hydrogen-bond acceptors (Lipinski definition) is 3. The molecule has 0 spiro atoms. The van der Waals surface area contributed by atoms with Crippen LogP contribution < -0.4 is 10.4 Å². The molecule has 0 aliphatic rings. The van der Waals surface area contributed by atoms with E-state index in [1.54, 1.807) is 19.2 Å². The number of anilines is 1. The summed E-state index contributed by atoms with van der Waals surface area (Å²) in [5.74, 6) is 0. The van der Waals surface area contributed by atoms with E-state index in [1.165, 1.54) is 5.01 Å². The van der Waals surface area contributed by atoms with Gasteiger partial charge in [0.25, 0.3) is 0 Å². The number of halogens is 1. The van der Waals surface area contributed by atoms with Gasteiger partial charge in [0, 0.05) is 18.9 Å². The molecule has 0 unspecified atom stereocenters. The summed E-state index contributed by atoms with van der Waals surface area (Å²) in [4.78, 5) is 0. The zero-order valence-corrected chi connectivity index (χ0v) is 17.1. The number of benzene rings is 3. The minimum absolute atomic E-state index is 0.339.